The second kappa shape index (κ2) is 11.7. The average molecular weight is 563 g/mol. The maximum atomic E-state index is 12.8. The van der Waals surface area contributed by atoms with E-state index in [2.05, 4.69) is 5.32 Å². The molecule has 1 amide bonds. The molecule has 0 aromatic heterocycles. The van der Waals surface area contributed by atoms with Crippen LogP contribution in [0.3, 0.4) is 0 Å². The molecule has 3 aromatic carbocycles. The van der Waals surface area contributed by atoms with Gasteiger partial charge >= 0.3 is 6.18 Å². The van der Waals surface area contributed by atoms with E-state index in [0.717, 1.165) is 23.4 Å². The number of halogens is 3. The van der Waals surface area contributed by atoms with Crippen LogP contribution in [0.15, 0.2) is 77.7 Å². The summed E-state index contributed by atoms with van der Waals surface area (Å²) >= 11 is 0. The maximum absolute atomic E-state index is 12.8. The van der Waals surface area contributed by atoms with Gasteiger partial charge in [-0.2, -0.15) is 13.2 Å². The van der Waals surface area contributed by atoms with Crippen LogP contribution in [-0.4, -0.2) is 50.5 Å². The quantitative estimate of drug-likeness (QED) is 0.400. The molecule has 1 unspecified atom stereocenters. The smallest absolute Gasteiger partial charge is 0.416 e. The lowest BCUT2D eigenvalue weighted by Gasteiger charge is -2.25. The molecule has 2 N–H and O–H groups in total. The number of anilines is 1. The summed E-state index contributed by atoms with van der Waals surface area (Å²) in [4.78, 5) is 14.8. The Hall–Kier alpha value is -3.57. The van der Waals surface area contributed by atoms with Gasteiger partial charge < -0.3 is 20.1 Å². The Labute approximate surface area is 225 Å². The van der Waals surface area contributed by atoms with Crippen LogP contribution >= 0.6 is 0 Å². The van der Waals surface area contributed by atoms with Crippen LogP contribution in [0.5, 0.6) is 5.75 Å². The number of alkyl halides is 3. The van der Waals surface area contributed by atoms with Gasteiger partial charge in [-0.15, -0.1) is 0 Å². The van der Waals surface area contributed by atoms with Gasteiger partial charge in [0.15, 0.2) is 9.84 Å². The Morgan fingerprint density at radius 3 is 2.23 bits per heavy atom. The predicted molar refractivity (Wildman–Crippen MR) is 140 cm³/mol. The number of aliphatic hydroxyl groups excluding tert-OH is 1. The van der Waals surface area contributed by atoms with Crippen LogP contribution in [0.4, 0.5) is 18.9 Å². The largest absolute Gasteiger partial charge is 0.489 e. The summed E-state index contributed by atoms with van der Waals surface area (Å²) < 4.78 is 68.2. The number of nitrogens with zero attached hydrogens (tertiary/aromatic N) is 1. The molecule has 1 aliphatic rings. The standard InChI is InChI=1S/C28H29F3N2O5S/c1-2-39(36,37)26-13-3-19(4-14-26)16-32-27(35)20-5-9-22(10-6-20)33-17-25(15-23(33)18-34)38-24-11-7-21(8-12-24)28(29,30)31/h3-14,23,25,34H,2,15-18H2,1H3,(H,32,35)/t23-,25?/m0/s1. The second-order valence-corrected chi connectivity index (χ2v) is 11.5. The molecule has 1 saturated heterocycles. The molecule has 11 heteroatoms. The summed E-state index contributed by atoms with van der Waals surface area (Å²) in [6.45, 7) is 2.10. The Balaban J connectivity index is 1.34. The lowest BCUT2D eigenvalue weighted by atomic mass is 10.1. The van der Waals surface area contributed by atoms with Crippen LogP contribution in [0, 0.1) is 0 Å². The van der Waals surface area contributed by atoms with E-state index in [-0.39, 0.29) is 41.9 Å². The fourth-order valence-electron chi connectivity index (χ4n) is 4.43. The van der Waals surface area contributed by atoms with E-state index in [9.17, 15) is 31.5 Å². The Morgan fingerprint density at radius 1 is 1.03 bits per heavy atom. The fourth-order valence-corrected chi connectivity index (χ4v) is 5.32. The zero-order valence-corrected chi connectivity index (χ0v) is 22.0. The number of hydrogen-bond donors (Lipinski definition) is 2. The van der Waals surface area contributed by atoms with E-state index in [1.54, 1.807) is 43.3 Å². The van der Waals surface area contributed by atoms with Crippen molar-refractivity contribution in [3.8, 4) is 5.75 Å². The molecule has 4 rings (SSSR count). The number of carbonyl (C=O) groups excluding carboxylic acids is 1. The van der Waals surface area contributed by atoms with Crippen LogP contribution in [0.25, 0.3) is 0 Å². The zero-order valence-electron chi connectivity index (χ0n) is 21.2. The number of carbonyl (C=O) groups is 1. The van der Waals surface area contributed by atoms with E-state index in [1.165, 1.54) is 24.3 Å². The van der Waals surface area contributed by atoms with Crippen LogP contribution in [-0.2, 0) is 22.6 Å². The number of rotatable bonds is 9. The zero-order chi connectivity index (χ0) is 28.2. The van der Waals surface area contributed by atoms with Crippen molar-refractivity contribution in [2.24, 2.45) is 0 Å². The Bertz CT molecular complexity index is 1380. The van der Waals surface area contributed by atoms with Crippen molar-refractivity contribution in [3.63, 3.8) is 0 Å². The lowest BCUT2D eigenvalue weighted by Crippen LogP contribution is -2.32. The number of sulfone groups is 1. The molecule has 7 nitrogen and oxygen atoms in total. The first-order valence-corrected chi connectivity index (χ1v) is 14.1. The third-order valence-corrected chi connectivity index (χ3v) is 8.40. The van der Waals surface area contributed by atoms with Gasteiger partial charge in [0, 0.05) is 24.2 Å². The molecule has 0 spiro atoms. The SMILES string of the molecule is CCS(=O)(=O)c1ccc(CNC(=O)c2ccc(N3CC(Oc4ccc(C(F)(F)F)cc4)C[C@H]3CO)cc2)cc1. The van der Waals surface area contributed by atoms with Crippen molar-refractivity contribution < 1.29 is 36.2 Å². The number of aliphatic hydroxyl groups is 1. The van der Waals surface area contributed by atoms with E-state index in [0.29, 0.717) is 24.3 Å². The molecule has 208 valence electrons. The highest BCUT2D eigenvalue weighted by molar-refractivity contribution is 7.91. The third kappa shape index (κ3) is 6.90. The van der Waals surface area contributed by atoms with Crippen molar-refractivity contribution in [1.29, 1.82) is 0 Å². The summed E-state index contributed by atoms with van der Waals surface area (Å²) in [5, 5.41) is 12.7. The summed E-state index contributed by atoms with van der Waals surface area (Å²) in [5.41, 5.74) is 1.22. The molecule has 0 saturated carbocycles. The third-order valence-electron chi connectivity index (χ3n) is 6.65. The van der Waals surface area contributed by atoms with E-state index in [1.807, 2.05) is 4.90 Å². The highest BCUT2D eigenvalue weighted by Crippen LogP contribution is 2.32. The Morgan fingerprint density at radius 2 is 1.67 bits per heavy atom. The molecule has 1 aliphatic heterocycles. The van der Waals surface area contributed by atoms with Gasteiger partial charge in [0.05, 0.1) is 35.4 Å². The first-order valence-electron chi connectivity index (χ1n) is 12.4. The van der Waals surface area contributed by atoms with E-state index < -0.39 is 21.6 Å². The van der Waals surface area contributed by atoms with E-state index >= 15 is 0 Å². The fraction of sp³-hybridized carbons (Fsp3) is 0.321. The van der Waals surface area contributed by atoms with E-state index in [4.69, 9.17) is 4.74 Å². The summed E-state index contributed by atoms with van der Waals surface area (Å²) in [7, 11) is -3.28. The monoisotopic (exact) mass is 562 g/mol. The van der Waals surface area contributed by atoms with Crippen LogP contribution in [0.2, 0.25) is 0 Å². The van der Waals surface area contributed by atoms with Crippen LogP contribution < -0.4 is 15.0 Å². The van der Waals surface area contributed by atoms with Crippen molar-refractivity contribution in [2.45, 2.75) is 43.1 Å². The highest BCUT2D eigenvalue weighted by Gasteiger charge is 2.34. The number of hydrogen-bond acceptors (Lipinski definition) is 6. The van der Waals surface area contributed by atoms with Crippen molar-refractivity contribution in [1.82, 2.24) is 5.32 Å². The molecule has 0 aliphatic carbocycles. The van der Waals surface area contributed by atoms with Crippen molar-refractivity contribution in [2.75, 3.05) is 23.8 Å². The molecule has 0 bridgehead atoms. The summed E-state index contributed by atoms with van der Waals surface area (Å²) in [6.07, 6.45) is -4.27. The number of amides is 1. The summed E-state index contributed by atoms with van der Waals surface area (Å²) in [5.74, 6) is 0.0400. The van der Waals surface area contributed by atoms with Gasteiger partial charge in [0.25, 0.3) is 5.91 Å². The minimum absolute atomic E-state index is 0.0163. The number of nitrogens with one attached hydrogen (secondary N) is 1. The van der Waals surface area contributed by atoms with Crippen LogP contribution in [0.1, 0.15) is 34.8 Å². The van der Waals surface area contributed by atoms with Gasteiger partial charge in [-0.3, -0.25) is 4.79 Å². The molecule has 2 atom stereocenters. The molecule has 39 heavy (non-hydrogen) atoms. The maximum Gasteiger partial charge on any atom is 0.416 e. The van der Waals surface area contributed by atoms with Gasteiger partial charge in [0.2, 0.25) is 0 Å². The number of ether oxygens (including phenoxy) is 1. The molecular formula is C28H29F3N2O5S. The minimum Gasteiger partial charge on any atom is -0.489 e. The number of benzene rings is 3. The van der Waals surface area contributed by atoms with Gasteiger partial charge in [0.1, 0.15) is 11.9 Å². The topological polar surface area (TPSA) is 95.9 Å². The van der Waals surface area contributed by atoms with Crippen molar-refractivity contribution in [3.05, 3.63) is 89.5 Å². The van der Waals surface area contributed by atoms with Crippen molar-refractivity contribution >= 4 is 21.4 Å². The second-order valence-electron chi connectivity index (χ2n) is 9.26. The molecule has 3 aromatic rings. The predicted octanol–water partition coefficient (Wildman–Crippen LogP) is 4.45. The minimum atomic E-state index is -4.42. The van der Waals surface area contributed by atoms with Gasteiger partial charge in [-0.1, -0.05) is 19.1 Å². The molecule has 1 fully saturated rings. The van der Waals surface area contributed by atoms with Gasteiger partial charge in [-0.05, 0) is 66.2 Å². The Kier molecular flexibility index (Phi) is 8.51. The normalized spacial score (nSPS) is 17.7. The first kappa shape index (κ1) is 28.4. The lowest BCUT2D eigenvalue weighted by molar-refractivity contribution is -0.137. The summed E-state index contributed by atoms with van der Waals surface area (Å²) in [6, 6.07) is 17.5. The van der Waals surface area contributed by atoms with Gasteiger partial charge in [-0.25, -0.2) is 8.42 Å². The molecule has 1 heterocycles. The first-order chi connectivity index (χ1) is 18.5. The highest BCUT2D eigenvalue weighted by atomic mass is 32.2. The molecular weight excluding hydrogens is 533 g/mol. The average Bonchev–Trinajstić information content (AvgIpc) is 3.34. The molecule has 0 radical (unpaired) electrons.